The third kappa shape index (κ3) is 2.44. The van der Waals surface area contributed by atoms with Gasteiger partial charge in [0.2, 0.25) is 5.82 Å². The highest BCUT2D eigenvalue weighted by Gasteiger charge is 2.36. The summed E-state index contributed by atoms with van der Waals surface area (Å²) >= 11 is 0. The molecule has 0 amide bonds. The van der Waals surface area contributed by atoms with E-state index in [9.17, 15) is 22.9 Å². The summed E-state index contributed by atoms with van der Waals surface area (Å²) in [6, 6.07) is 9.38. The van der Waals surface area contributed by atoms with Crippen LogP contribution in [0.15, 0.2) is 47.4 Å². The van der Waals surface area contributed by atoms with E-state index in [4.69, 9.17) is 0 Å². The minimum absolute atomic E-state index is 0.297. The number of rotatable bonds is 3. The van der Waals surface area contributed by atoms with Gasteiger partial charge in [0.1, 0.15) is 0 Å². The molecule has 0 N–H and O–H groups in total. The van der Waals surface area contributed by atoms with Gasteiger partial charge in [0, 0.05) is 12.1 Å². The highest BCUT2D eigenvalue weighted by atomic mass is 32.2. The van der Waals surface area contributed by atoms with Crippen LogP contribution in [0, 0.1) is 15.9 Å². The number of nitro groups is 1. The first-order chi connectivity index (χ1) is 10.8. The molecule has 120 valence electrons. The minimum atomic E-state index is -4.01. The third-order valence-corrected chi connectivity index (χ3v) is 5.74. The van der Waals surface area contributed by atoms with Crippen molar-refractivity contribution in [1.29, 1.82) is 0 Å². The number of para-hydroxylation sites is 1. The van der Waals surface area contributed by atoms with Crippen molar-refractivity contribution in [3.63, 3.8) is 0 Å². The molecule has 0 saturated heterocycles. The maximum atomic E-state index is 13.5. The van der Waals surface area contributed by atoms with E-state index < -0.39 is 26.5 Å². The predicted octanol–water partition coefficient (Wildman–Crippen LogP) is 2.87. The van der Waals surface area contributed by atoms with Gasteiger partial charge in [-0.25, -0.2) is 8.42 Å². The molecule has 2 aromatic carbocycles. The Morgan fingerprint density at radius 2 is 1.96 bits per heavy atom. The third-order valence-electron chi connectivity index (χ3n) is 3.82. The molecule has 0 unspecified atom stereocenters. The average Bonchev–Trinajstić information content (AvgIpc) is 2.83. The molecule has 0 spiro atoms. The normalized spacial score (nSPS) is 17.1. The van der Waals surface area contributed by atoms with Gasteiger partial charge in [-0.1, -0.05) is 18.2 Å². The number of sulfonamides is 1. The second-order valence-corrected chi connectivity index (χ2v) is 7.17. The van der Waals surface area contributed by atoms with Gasteiger partial charge in [-0.15, -0.1) is 0 Å². The Morgan fingerprint density at radius 3 is 2.65 bits per heavy atom. The fourth-order valence-electron chi connectivity index (χ4n) is 2.81. The van der Waals surface area contributed by atoms with Crippen LogP contribution in [0.25, 0.3) is 0 Å². The molecule has 6 nitrogen and oxygen atoms in total. The Morgan fingerprint density at radius 1 is 1.26 bits per heavy atom. The summed E-state index contributed by atoms with van der Waals surface area (Å²) in [6.45, 7) is 1.76. The maximum Gasteiger partial charge on any atom is 0.306 e. The molecule has 0 radical (unpaired) electrons. The van der Waals surface area contributed by atoms with Gasteiger partial charge < -0.3 is 0 Å². The summed E-state index contributed by atoms with van der Waals surface area (Å²) in [5.74, 6) is -1.07. The monoisotopic (exact) mass is 336 g/mol. The smallest absolute Gasteiger partial charge is 0.263 e. The van der Waals surface area contributed by atoms with Gasteiger partial charge in [0.25, 0.3) is 10.0 Å². The van der Waals surface area contributed by atoms with E-state index in [0.29, 0.717) is 12.1 Å². The van der Waals surface area contributed by atoms with Gasteiger partial charge in [0.05, 0.1) is 15.5 Å². The van der Waals surface area contributed by atoms with Crippen molar-refractivity contribution >= 4 is 21.4 Å². The Kier molecular flexibility index (Phi) is 3.56. The summed E-state index contributed by atoms with van der Waals surface area (Å²) in [6.07, 6.45) is 0.554. The summed E-state index contributed by atoms with van der Waals surface area (Å²) < 4.78 is 40.4. The lowest BCUT2D eigenvalue weighted by molar-refractivity contribution is -0.387. The van der Waals surface area contributed by atoms with Gasteiger partial charge in [0.15, 0.2) is 0 Å². The molecule has 8 heteroatoms. The number of anilines is 1. The van der Waals surface area contributed by atoms with Gasteiger partial charge in [-0.05, 0) is 37.1 Å². The zero-order valence-corrected chi connectivity index (χ0v) is 13.0. The largest absolute Gasteiger partial charge is 0.306 e. The summed E-state index contributed by atoms with van der Waals surface area (Å²) in [5.41, 5.74) is 0.582. The fourth-order valence-corrected chi connectivity index (χ4v) is 4.52. The highest BCUT2D eigenvalue weighted by Crippen LogP contribution is 2.37. The van der Waals surface area contributed by atoms with Crippen LogP contribution in [0.2, 0.25) is 0 Å². The molecule has 1 aliphatic heterocycles. The minimum Gasteiger partial charge on any atom is -0.263 e. The molecule has 3 rings (SSSR count). The van der Waals surface area contributed by atoms with Crippen molar-refractivity contribution in [2.75, 3.05) is 4.31 Å². The van der Waals surface area contributed by atoms with Crippen LogP contribution >= 0.6 is 0 Å². The maximum absolute atomic E-state index is 13.5. The molecular weight excluding hydrogens is 323 g/mol. The van der Waals surface area contributed by atoms with E-state index >= 15 is 0 Å². The van der Waals surface area contributed by atoms with E-state index in [1.807, 2.05) is 12.1 Å². The quantitative estimate of drug-likeness (QED) is 0.637. The fraction of sp³-hybridized carbons (Fsp3) is 0.200. The van der Waals surface area contributed by atoms with Crippen LogP contribution < -0.4 is 4.31 Å². The average molecular weight is 336 g/mol. The summed E-state index contributed by atoms with van der Waals surface area (Å²) in [7, 11) is -4.01. The van der Waals surface area contributed by atoms with Crippen molar-refractivity contribution in [2.24, 2.45) is 0 Å². The first kappa shape index (κ1) is 15.4. The van der Waals surface area contributed by atoms with Crippen LogP contribution in [0.5, 0.6) is 0 Å². The first-order valence-electron chi connectivity index (χ1n) is 6.88. The van der Waals surface area contributed by atoms with Crippen molar-refractivity contribution in [2.45, 2.75) is 24.3 Å². The molecule has 23 heavy (non-hydrogen) atoms. The molecule has 1 atom stereocenters. The Labute approximate surface area is 132 Å². The van der Waals surface area contributed by atoms with Crippen LogP contribution in [-0.2, 0) is 16.4 Å². The molecular formula is C15H13FN2O4S. The van der Waals surface area contributed by atoms with E-state index in [1.165, 1.54) is 4.31 Å². The van der Waals surface area contributed by atoms with Gasteiger partial charge in [-0.2, -0.15) is 4.39 Å². The zero-order chi connectivity index (χ0) is 16.8. The molecule has 2 aromatic rings. The Bertz CT molecular complexity index is 898. The number of benzene rings is 2. The van der Waals surface area contributed by atoms with E-state index in [0.717, 1.165) is 23.8 Å². The topological polar surface area (TPSA) is 80.5 Å². The summed E-state index contributed by atoms with van der Waals surface area (Å²) in [5, 5.41) is 10.8. The van der Waals surface area contributed by atoms with E-state index in [2.05, 4.69) is 0 Å². The number of nitro benzene ring substituents is 1. The Balaban J connectivity index is 2.13. The van der Waals surface area contributed by atoms with Crippen molar-refractivity contribution in [3.8, 4) is 0 Å². The van der Waals surface area contributed by atoms with Gasteiger partial charge in [-0.3, -0.25) is 14.4 Å². The lowest BCUT2D eigenvalue weighted by Gasteiger charge is -2.24. The van der Waals surface area contributed by atoms with Gasteiger partial charge >= 0.3 is 5.69 Å². The van der Waals surface area contributed by atoms with Crippen LogP contribution in [0.4, 0.5) is 15.8 Å². The molecule has 0 saturated carbocycles. The van der Waals surface area contributed by atoms with Crippen molar-refractivity contribution in [3.05, 3.63) is 64.0 Å². The number of hydrogen-bond acceptors (Lipinski definition) is 4. The molecule has 0 aliphatic carbocycles. The van der Waals surface area contributed by atoms with E-state index in [1.54, 1.807) is 19.1 Å². The standard InChI is InChI=1S/C15H13FN2O4S/c1-10-8-11-4-2-3-5-14(11)17(10)23(21,22)12-6-7-13(16)15(9-12)18(19)20/h2-7,9-10H,8H2,1H3/t10-/m0/s1. The van der Waals surface area contributed by atoms with Crippen LogP contribution in [-0.4, -0.2) is 19.4 Å². The van der Waals surface area contributed by atoms with Crippen LogP contribution in [0.1, 0.15) is 12.5 Å². The first-order valence-corrected chi connectivity index (χ1v) is 8.32. The van der Waals surface area contributed by atoms with Crippen molar-refractivity contribution < 1.29 is 17.7 Å². The van der Waals surface area contributed by atoms with Crippen molar-refractivity contribution in [1.82, 2.24) is 0 Å². The lowest BCUT2D eigenvalue weighted by Crippen LogP contribution is -2.35. The summed E-state index contributed by atoms with van der Waals surface area (Å²) in [4.78, 5) is 9.61. The molecule has 1 heterocycles. The number of halogens is 1. The van der Waals surface area contributed by atoms with Crippen LogP contribution in [0.3, 0.4) is 0 Å². The number of hydrogen-bond donors (Lipinski definition) is 0. The number of fused-ring (bicyclic) bond motifs is 1. The molecule has 1 aliphatic rings. The predicted molar refractivity (Wildman–Crippen MR) is 82.3 cm³/mol. The van der Waals surface area contributed by atoms with E-state index in [-0.39, 0.29) is 10.9 Å². The Hall–Kier alpha value is -2.48. The zero-order valence-electron chi connectivity index (χ0n) is 12.1. The second-order valence-electron chi connectivity index (χ2n) is 5.35. The molecule has 0 aromatic heterocycles. The lowest BCUT2D eigenvalue weighted by atomic mass is 10.1. The second kappa shape index (κ2) is 5.31. The molecule has 0 bridgehead atoms. The number of nitrogens with zero attached hydrogens (tertiary/aromatic N) is 2. The SMILES string of the molecule is C[C@H]1Cc2ccccc2N1S(=O)(=O)c1ccc(F)c([N+](=O)[O-])c1. The highest BCUT2D eigenvalue weighted by molar-refractivity contribution is 7.92. The molecule has 0 fully saturated rings.